The number of aryl methyl sites for hydroxylation is 4. The summed E-state index contributed by atoms with van der Waals surface area (Å²) in [5.41, 5.74) is 2.71. The highest BCUT2D eigenvalue weighted by Crippen LogP contribution is 2.28. The van der Waals surface area contributed by atoms with Gasteiger partial charge in [0.1, 0.15) is 11.6 Å². The summed E-state index contributed by atoms with van der Waals surface area (Å²) < 4.78 is 104. The molecule has 206 valence electrons. The van der Waals surface area contributed by atoms with Gasteiger partial charge in [-0.15, -0.1) is 0 Å². The summed E-state index contributed by atoms with van der Waals surface area (Å²) in [6.07, 6.45) is -3.54. The van der Waals surface area contributed by atoms with E-state index in [4.69, 9.17) is 4.74 Å². The van der Waals surface area contributed by atoms with E-state index in [2.05, 4.69) is 4.74 Å². The molecule has 0 saturated carbocycles. The molecule has 39 heavy (non-hydrogen) atoms. The fourth-order valence-corrected chi connectivity index (χ4v) is 4.39. The maximum absolute atomic E-state index is 15.2. The second-order valence-corrected chi connectivity index (χ2v) is 9.25. The van der Waals surface area contributed by atoms with Gasteiger partial charge in [-0.2, -0.15) is 13.2 Å². The van der Waals surface area contributed by atoms with E-state index in [1.165, 1.54) is 6.07 Å². The average Bonchev–Trinajstić information content (AvgIpc) is 2.87. The molecule has 4 rings (SSSR count). The van der Waals surface area contributed by atoms with Crippen molar-refractivity contribution in [2.24, 2.45) is 0 Å². The van der Waals surface area contributed by atoms with Crippen molar-refractivity contribution in [2.45, 2.75) is 38.5 Å². The Morgan fingerprint density at radius 2 is 1.26 bits per heavy atom. The molecule has 0 heterocycles. The first-order chi connectivity index (χ1) is 18.5. The zero-order chi connectivity index (χ0) is 28.2. The SMILES string of the molecule is COCc1ccc(CCc2ccc3c(F)c(CCc4cc(F)c(OCC(F)(F)F)c(F)c4)ccc3c2)c(F)c1. The molecule has 4 aromatic rings. The molecule has 0 radical (unpaired) electrons. The second kappa shape index (κ2) is 12.1. The van der Waals surface area contributed by atoms with Gasteiger partial charge in [0.25, 0.3) is 0 Å². The monoisotopic (exact) mass is 550 g/mol. The lowest BCUT2D eigenvalue weighted by atomic mass is 9.97. The van der Waals surface area contributed by atoms with Gasteiger partial charge in [0.2, 0.25) is 0 Å². The average molecular weight is 551 g/mol. The lowest BCUT2D eigenvalue weighted by Crippen LogP contribution is -2.20. The van der Waals surface area contributed by atoms with E-state index in [9.17, 15) is 26.3 Å². The van der Waals surface area contributed by atoms with Crippen LogP contribution in [0.15, 0.2) is 60.7 Å². The summed E-state index contributed by atoms with van der Waals surface area (Å²) in [6.45, 7) is -1.49. The van der Waals surface area contributed by atoms with Gasteiger partial charge >= 0.3 is 6.18 Å². The molecule has 0 unspecified atom stereocenters. The number of rotatable bonds is 10. The minimum atomic E-state index is -4.74. The lowest BCUT2D eigenvalue weighted by molar-refractivity contribution is -0.154. The molecule has 0 atom stereocenters. The van der Waals surface area contributed by atoms with Crippen LogP contribution in [0.5, 0.6) is 5.75 Å². The molecule has 0 aliphatic heterocycles. The zero-order valence-corrected chi connectivity index (χ0v) is 21.0. The summed E-state index contributed by atoms with van der Waals surface area (Å²) in [4.78, 5) is 0. The van der Waals surface area contributed by atoms with E-state index >= 15 is 4.39 Å². The minimum absolute atomic E-state index is 0.0582. The first-order valence-electron chi connectivity index (χ1n) is 12.2. The normalized spacial score (nSPS) is 11.8. The largest absolute Gasteiger partial charge is 0.478 e. The van der Waals surface area contributed by atoms with Crippen LogP contribution >= 0.6 is 0 Å². The molecule has 0 aliphatic carbocycles. The van der Waals surface area contributed by atoms with Crippen LogP contribution in [-0.4, -0.2) is 19.9 Å². The zero-order valence-electron chi connectivity index (χ0n) is 21.0. The predicted molar refractivity (Wildman–Crippen MR) is 134 cm³/mol. The fraction of sp³-hybridized carbons (Fsp3) is 0.267. The van der Waals surface area contributed by atoms with Crippen molar-refractivity contribution in [3.8, 4) is 5.75 Å². The van der Waals surface area contributed by atoms with Gasteiger partial charge in [0, 0.05) is 12.5 Å². The number of ether oxygens (including phenoxy) is 2. The van der Waals surface area contributed by atoms with Crippen LogP contribution in [0.4, 0.5) is 30.7 Å². The van der Waals surface area contributed by atoms with Crippen LogP contribution < -0.4 is 4.74 Å². The summed E-state index contributed by atoms with van der Waals surface area (Å²) in [5.74, 6) is -4.39. The van der Waals surface area contributed by atoms with Gasteiger partial charge in [-0.05, 0) is 77.1 Å². The highest BCUT2D eigenvalue weighted by molar-refractivity contribution is 5.84. The van der Waals surface area contributed by atoms with Gasteiger partial charge in [0.05, 0.1) is 6.61 Å². The van der Waals surface area contributed by atoms with Gasteiger partial charge in [-0.3, -0.25) is 0 Å². The molecule has 0 amide bonds. The molecule has 2 nitrogen and oxygen atoms in total. The predicted octanol–water partition coefficient (Wildman–Crippen LogP) is 8.05. The Morgan fingerprint density at radius 1 is 0.641 bits per heavy atom. The van der Waals surface area contributed by atoms with Crippen LogP contribution in [-0.2, 0) is 37.0 Å². The first kappa shape index (κ1) is 28.4. The Labute approximate surface area is 221 Å². The van der Waals surface area contributed by atoms with Gasteiger partial charge < -0.3 is 9.47 Å². The van der Waals surface area contributed by atoms with Crippen molar-refractivity contribution in [2.75, 3.05) is 13.7 Å². The smallest absolute Gasteiger partial charge is 0.422 e. The Balaban J connectivity index is 1.42. The highest BCUT2D eigenvalue weighted by atomic mass is 19.4. The topological polar surface area (TPSA) is 18.5 Å². The van der Waals surface area contributed by atoms with Crippen molar-refractivity contribution in [1.29, 1.82) is 0 Å². The third-order valence-electron chi connectivity index (χ3n) is 6.33. The van der Waals surface area contributed by atoms with Gasteiger partial charge in [0.15, 0.2) is 24.0 Å². The number of hydrogen-bond donors (Lipinski definition) is 0. The summed E-state index contributed by atoms with van der Waals surface area (Å²) in [5, 5.41) is 1.03. The van der Waals surface area contributed by atoms with Crippen LogP contribution in [0.3, 0.4) is 0 Å². The van der Waals surface area contributed by atoms with Crippen LogP contribution in [0, 0.1) is 23.3 Å². The van der Waals surface area contributed by atoms with E-state index in [-0.39, 0.29) is 24.2 Å². The molecule has 0 bridgehead atoms. The van der Waals surface area contributed by atoms with Crippen molar-refractivity contribution < 1.29 is 40.2 Å². The number of fused-ring (bicyclic) bond motifs is 1. The van der Waals surface area contributed by atoms with Crippen LogP contribution in [0.25, 0.3) is 10.8 Å². The van der Waals surface area contributed by atoms with E-state index in [1.807, 2.05) is 12.1 Å². The first-order valence-corrected chi connectivity index (χ1v) is 12.2. The van der Waals surface area contributed by atoms with Gasteiger partial charge in [-0.25, -0.2) is 17.6 Å². The number of hydrogen-bond acceptors (Lipinski definition) is 2. The Morgan fingerprint density at radius 3 is 1.92 bits per heavy atom. The molecule has 0 N–H and O–H groups in total. The third-order valence-corrected chi connectivity index (χ3v) is 6.33. The Hall–Kier alpha value is -3.59. The highest BCUT2D eigenvalue weighted by Gasteiger charge is 2.30. The lowest BCUT2D eigenvalue weighted by Gasteiger charge is -2.12. The molecule has 4 aromatic carbocycles. The van der Waals surface area contributed by atoms with Crippen LogP contribution in [0.2, 0.25) is 0 Å². The van der Waals surface area contributed by atoms with Crippen LogP contribution in [0.1, 0.15) is 27.8 Å². The van der Waals surface area contributed by atoms with Crippen molar-refractivity contribution in [3.63, 3.8) is 0 Å². The maximum Gasteiger partial charge on any atom is 0.422 e. The molecule has 0 spiro atoms. The number of alkyl halides is 3. The third kappa shape index (κ3) is 7.29. The maximum atomic E-state index is 15.2. The number of halogens is 7. The van der Waals surface area contributed by atoms with Crippen molar-refractivity contribution >= 4 is 10.8 Å². The summed E-state index contributed by atoms with van der Waals surface area (Å²) in [7, 11) is 1.54. The van der Waals surface area contributed by atoms with E-state index < -0.39 is 36.0 Å². The second-order valence-electron chi connectivity index (χ2n) is 9.25. The molecular weight excluding hydrogens is 525 g/mol. The summed E-state index contributed by atoms with van der Waals surface area (Å²) >= 11 is 0. The fourth-order valence-electron chi connectivity index (χ4n) is 4.39. The van der Waals surface area contributed by atoms with E-state index in [1.54, 1.807) is 37.4 Å². The van der Waals surface area contributed by atoms with E-state index in [0.29, 0.717) is 41.3 Å². The quantitative estimate of drug-likeness (QED) is 0.186. The molecule has 0 saturated heterocycles. The number of methoxy groups -OCH3 is 1. The van der Waals surface area contributed by atoms with E-state index in [0.717, 1.165) is 23.3 Å². The summed E-state index contributed by atoms with van der Waals surface area (Å²) in [6, 6.07) is 15.4. The van der Waals surface area contributed by atoms with Crippen molar-refractivity contribution in [1.82, 2.24) is 0 Å². The molecule has 0 aliphatic rings. The number of benzene rings is 4. The Kier molecular flexibility index (Phi) is 8.80. The Bertz CT molecular complexity index is 1440. The van der Waals surface area contributed by atoms with Crippen molar-refractivity contribution in [3.05, 3.63) is 112 Å². The van der Waals surface area contributed by atoms with Gasteiger partial charge in [-0.1, -0.05) is 42.5 Å². The molecular formula is C30H25F7O2. The minimum Gasteiger partial charge on any atom is -0.478 e. The standard InChI is InChI=1S/C30H25F7O2/c1-38-16-20-4-7-21(25(31)15-20)6-2-18-5-11-24-23(12-18)10-9-22(28(24)34)8-3-19-13-26(32)29(27(33)14-19)39-17-30(35,36)37/h4-5,7,9-15H,2-3,6,8,16-17H2,1H3. The molecule has 9 heteroatoms. The molecule has 0 fully saturated rings. The molecule has 0 aromatic heterocycles.